The predicted molar refractivity (Wildman–Crippen MR) is 101 cm³/mol. The number of carbonyl (C=O) groups excluding carboxylic acids is 2. The summed E-state index contributed by atoms with van der Waals surface area (Å²) in [5.74, 6) is 0.0673. The summed E-state index contributed by atoms with van der Waals surface area (Å²) in [5.41, 5.74) is 2.56. The second kappa shape index (κ2) is 7.42. The Kier molecular flexibility index (Phi) is 4.85. The van der Waals surface area contributed by atoms with Crippen molar-refractivity contribution < 1.29 is 9.59 Å². The van der Waals surface area contributed by atoms with Gasteiger partial charge in [-0.25, -0.2) is 0 Å². The summed E-state index contributed by atoms with van der Waals surface area (Å²) in [5, 5.41) is 0. The maximum atomic E-state index is 12.5. The fourth-order valence-electron chi connectivity index (χ4n) is 3.97. The molecule has 1 saturated carbocycles. The van der Waals surface area contributed by atoms with Crippen molar-refractivity contribution in [3.8, 4) is 0 Å². The third-order valence-electron chi connectivity index (χ3n) is 5.55. The Morgan fingerprint density at radius 1 is 0.885 bits per heavy atom. The number of amides is 1. The van der Waals surface area contributed by atoms with Gasteiger partial charge in [-0.3, -0.25) is 9.69 Å². The lowest BCUT2D eigenvalue weighted by atomic mass is 9.96. The van der Waals surface area contributed by atoms with E-state index in [0.717, 1.165) is 38.9 Å². The molecule has 2 aliphatic rings. The topological polar surface area (TPSA) is 40.6 Å². The summed E-state index contributed by atoms with van der Waals surface area (Å²) in [6.07, 6.45) is 1.67. The molecule has 1 heterocycles. The van der Waals surface area contributed by atoms with Crippen LogP contribution in [-0.2, 0) is 9.59 Å². The third-order valence-corrected chi connectivity index (χ3v) is 5.55. The molecule has 4 rings (SSSR count). The monoisotopic (exact) mass is 348 g/mol. The molecule has 0 aromatic heterocycles. The van der Waals surface area contributed by atoms with Crippen LogP contribution < -0.4 is 0 Å². The third kappa shape index (κ3) is 3.42. The predicted octanol–water partition coefficient (Wildman–Crippen LogP) is 2.76. The SMILES string of the molecule is O=CC1CC1C(=O)N1CCN(C(c2ccccc2)c2ccccc2)CC1. The van der Waals surface area contributed by atoms with Crippen LogP contribution in [0.1, 0.15) is 23.6 Å². The first kappa shape index (κ1) is 17.0. The van der Waals surface area contributed by atoms with Crippen molar-refractivity contribution in [3.63, 3.8) is 0 Å². The minimum Gasteiger partial charge on any atom is -0.340 e. The zero-order chi connectivity index (χ0) is 17.9. The zero-order valence-corrected chi connectivity index (χ0v) is 14.8. The normalized spacial score (nSPS) is 23.0. The van der Waals surface area contributed by atoms with E-state index in [1.54, 1.807) is 0 Å². The summed E-state index contributed by atoms with van der Waals surface area (Å²) < 4.78 is 0. The van der Waals surface area contributed by atoms with Crippen molar-refractivity contribution in [2.75, 3.05) is 26.2 Å². The molecule has 0 spiro atoms. The van der Waals surface area contributed by atoms with E-state index in [0.29, 0.717) is 0 Å². The lowest BCUT2D eigenvalue weighted by Gasteiger charge is -2.40. The number of benzene rings is 2. The summed E-state index contributed by atoms with van der Waals surface area (Å²) in [7, 11) is 0. The summed E-state index contributed by atoms with van der Waals surface area (Å²) in [4.78, 5) is 27.7. The lowest BCUT2D eigenvalue weighted by Crippen LogP contribution is -2.50. The smallest absolute Gasteiger partial charge is 0.226 e. The van der Waals surface area contributed by atoms with Crippen LogP contribution in [0.4, 0.5) is 0 Å². The summed E-state index contributed by atoms with van der Waals surface area (Å²) in [6.45, 7) is 3.16. The molecule has 1 saturated heterocycles. The van der Waals surface area contributed by atoms with Crippen LogP contribution >= 0.6 is 0 Å². The summed E-state index contributed by atoms with van der Waals surface area (Å²) in [6, 6.07) is 21.3. The van der Waals surface area contributed by atoms with E-state index in [1.807, 2.05) is 17.0 Å². The minimum absolute atomic E-state index is 0.0399. The van der Waals surface area contributed by atoms with Crippen LogP contribution in [0.3, 0.4) is 0 Å². The van der Waals surface area contributed by atoms with Gasteiger partial charge < -0.3 is 9.69 Å². The van der Waals surface area contributed by atoms with Crippen LogP contribution in [0, 0.1) is 11.8 Å². The fraction of sp³-hybridized carbons (Fsp3) is 0.364. The Hall–Kier alpha value is -2.46. The maximum absolute atomic E-state index is 12.5. The maximum Gasteiger partial charge on any atom is 0.226 e. The number of aldehydes is 1. The van der Waals surface area contributed by atoms with Crippen molar-refractivity contribution in [2.45, 2.75) is 12.5 Å². The molecule has 26 heavy (non-hydrogen) atoms. The molecule has 2 atom stereocenters. The number of nitrogens with zero attached hydrogens (tertiary/aromatic N) is 2. The van der Waals surface area contributed by atoms with Crippen LogP contribution in [-0.4, -0.2) is 48.2 Å². The highest BCUT2D eigenvalue weighted by Gasteiger charge is 2.45. The summed E-state index contributed by atoms with van der Waals surface area (Å²) >= 11 is 0. The number of hydrogen-bond donors (Lipinski definition) is 0. The fourth-order valence-corrected chi connectivity index (χ4v) is 3.97. The van der Waals surface area contributed by atoms with Crippen molar-refractivity contribution in [2.24, 2.45) is 11.8 Å². The van der Waals surface area contributed by atoms with Gasteiger partial charge in [-0.1, -0.05) is 60.7 Å². The first-order valence-corrected chi connectivity index (χ1v) is 9.36. The Bertz CT molecular complexity index is 715. The second-order valence-corrected chi connectivity index (χ2v) is 7.23. The van der Waals surface area contributed by atoms with E-state index in [1.165, 1.54) is 11.1 Å². The molecule has 1 amide bonds. The molecule has 134 valence electrons. The van der Waals surface area contributed by atoms with Crippen LogP contribution in [0.15, 0.2) is 60.7 Å². The molecule has 2 aromatic carbocycles. The molecule has 1 aliphatic carbocycles. The van der Waals surface area contributed by atoms with Gasteiger partial charge in [0, 0.05) is 38.0 Å². The molecule has 2 fully saturated rings. The first-order valence-electron chi connectivity index (χ1n) is 9.36. The highest BCUT2D eigenvalue weighted by molar-refractivity contribution is 5.86. The van der Waals surface area contributed by atoms with Crippen molar-refractivity contribution >= 4 is 12.2 Å². The molecule has 4 nitrogen and oxygen atoms in total. The van der Waals surface area contributed by atoms with Crippen LogP contribution in [0.2, 0.25) is 0 Å². The van der Waals surface area contributed by atoms with E-state index in [9.17, 15) is 9.59 Å². The highest BCUT2D eigenvalue weighted by atomic mass is 16.2. The van der Waals surface area contributed by atoms with Crippen molar-refractivity contribution in [3.05, 3.63) is 71.8 Å². The quantitative estimate of drug-likeness (QED) is 0.780. The molecule has 0 bridgehead atoms. The van der Waals surface area contributed by atoms with E-state index in [2.05, 4.69) is 53.4 Å². The first-order chi connectivity index (χ1) is 12.8. The largest absolute Gasteiger partial charge is 0.340 e. The van der Waals surface area contributed by atoms with Gasteiger partial charge in [-0.05, 0) is 17.5 Å². The van der Waals surface area contributed by atoms with E-state index in [-0.39, 0.29) is 23.8 Å². The standard InChI is InChI=1S/C22H24N2O2/c25-16-19-15-20(19)22(26)24-13-11-23(12-14-24)21(17-7-3-1-4-8-17)18-9-5-2-6-10-18/h1-10,16,19-21H,11-15H2. The Labute approximate surface area is 154 Å². The Morgan fingerprint density at radius 2 is 1.42 bits per heavy atom. The van der Waals surface area contributed by atoms with E-state index >= 15 is 0 Å². The molecular weight excluding hydrogens is 324 g/mol. The lowest BCUT2D eigenvalue weighted by molar-refractivity contribution is -0.135. The molecular formula is C22H24N2O2. The highest BCUT2D eigenvalue weighted by Crippen LogP contribution is 2.38. The van der Waals surface area contributed by atoms with Crippen LogP contribution in [0.5, 0.6) is 0 Å². The van der Waals surface area contributed by atoms with Gasteiger partial charge in [0.25, 0.3) is 0 Å². The molecule has 4 heteroatoms. The zero-order valence-electron chi connectivity index (χ0n) is 14.8. The van der Waals surface area contributed by atoms with Gasteiger partial charge in [0.15, 0.2) is 0 Å². The Balaban J connectivity index is 1.48. The molecule has 2 unspecified atom stereocenters. The van der Waals surface area contributed by atoms with Gasteiger partial charge in [-0.15, -0.1) is 0 Å². The molecule has 0 radical (unpaired) electrons. The van der Waals surface area contributed by atoms with Crippen molar-refractivity contribution in [1.29, 1.82) is 0 Å². The van der Waals surface area contributed by atoms with Crippen molar-refractivity contribution in [1.82, 2.24) is 9.80 Å². The molecule has 0 N–H and O–H groups in total. The molecule has 1 aliphatic heterocycles. The molecule has 2 aromatic rings. The van der Waals surface area contributed by atoms with Gasteiger partial charge >= 0.3 is 0 Å². The number of piperazine rings is 1. The van der Waals surface area contributed by atoms with E-state index < -0.39 is 0 Å². The van der Waals surface area contributed by atoms with Gasteiger partial charge in [0.2, 0.25) is 5.91 Å². The van der Waals surface area contributed by atoms with Gasteiger partial charge in [0.05, 0.1) is 6.04 Å². The van der Waals surface area contributed by atoms with Gasteiger partial charge in [-0.2, -0.15) is 0 Å². The second-order valence-electron chi connectivity index (χ2n) is 7.23. The number of carbonyl (C=O) groups is 2. The van der Waals surface area contributed by atoms with E-state index in [4.69, 9.17) is 0 Å². The van der Waals surface area contributed by atoms with Crippen LogP contribution in [0.25, 0.3) is 0 Å². The minimum atomic E-state index is -0.0573. The number of hydrogen-bond acceptors (Lipinski definition) is 3. The Morgan fingerprint density at radius 3 is 1.88 bits per heavy atom. The number of rotatable bonds is 5. The van der Waals surface area contributed by atoms with Gasteiger partial charge in [0.1, 0.15) is 6.29 Å². The average Bonchev–Trinajstić information content (AvgIpc) is 3.50. The average molecular weight is 348 g/mol.